The van der Waals surface area contributed by atoms with Crippen LogP contribution in [0, 0.1) is 5.92 Å². The molecule has 0 radical (unpaired) electrons. The Kier molecular flexibility index (Phi) is 4.30. The van der Waals surface area contributed by atoms with E-state index in [0.29, 0.717) is 6.42 Å². The van der Waals surface area contributed by atoms with E-state index >= 15 is 0 Å². The van der Waals surface area contributed by atoms with Gasteiger partial charge in [0, 0.05) is 24.9 Å². The summed E-state index contributed by atoms with van der Waals surface area (Å²) in [4.78, 5) is 25.0. The molecule has 0 spiro atoms. The van der Waals surface area contributed by atoms with E-state index in [4.69, 9.17) is 0 Å². The van der Waals surface area contributed by atoms with E-state index < -0.39 is 0 Å². The van der Waals surface area contributed by atoms with Crippen molar-refractivity contribution in [2.75, 3.05) is 6.54 Å². The zero-order valence-electron chi connectivity index (χ0n) is 9.95. The van der Waals surface area contributed by atoms with Crippen LogP contribution in [0.15, 0.2) is 0 Å². The molecule has 0 saturated carbocycles. The van der Waals surface area contributed by atoms with Gasteiger partial charge in [0.2, 0.25) is 5.91 Å². The molecule has 1 rings (SSSR count). The first kappa shape index (κ1) is 12.2. The van der Waals surface area contributed by atoms with Crippen LogP contribution in [0.2, 0.25) is 0 Å². The number of carbonyl (C=O) groups is 2. The van der Waals surface area contributed by atoms with Crippen molar-refractivity contribution >= 4 is 11.7 Å². The number of hydrogen-bond donors (Lipinski definition) is 0. The minimum Gasteiger partial charge on any atom is -0.339 e. The molecule has 1 fully saturated rings. The van der Waals surface area contributed by atoms with Gasteiger partial charge in [-0.05, 0) is 26.2 Å². The fourth-order valence-electron chi connectivity index (χ4n) is 2.13. The van der Waals surface area contributed by atoms with Crippen LogP contribution < -0.4 is 0 Å². The van der Waals surface area contributed by atoms with Crippen molar-refractivity contribution in [3.05, 3.63) is 0 Å². The van der Waals surface area contributed by atoms with Gasteiger partial charge in [-0.1, -0.05) is 13.8 Å². The molecular formula is C12H21NO2. The van der Waals surface area contributed by atoms with Crippen LogP contribution in [0.1, 0.15) is 46.5 Å². The summed E-state index contributed by atoms with van der Waals surface area (Å²) in [7, 11) is 0. The standard InChI is InChI=1S/C12H21NO2/c1-4-9(2)12(15)13-7-5-6-11(13)8-10(3)14/h9,11H,4-8H2,1-3H3. The third-order valence-corrected chi connectivity index (χ3v) is 3.22. The molecule has 15 heavy (non-hydrogen) atoms. The molecule has 2 unspecified atom stereocenters. The molecule has 1 amide bonds. The zero-order valence-corrected chi connectivity index (χ0v) is 9.95. The van der Waals surface area contributed by atoms with Crippen molar-refractivity contribution in [2.45, 2.75) is 52.5 Å². The largest absolute Gasteiger partial charge is 0.339 e. The highest BCUT2D eigenvalue weighted by molar-refractivity contribution is 5.81. The van der Waals surface area contributed by atoms with Crippen molar-refractivity contribution in [1.29, 1.82) is 0 Å². The Balaban J connectivity index is 2.59. The van der Waals surface area contributed by atoms with Crippen LogP contribution in [0.3, 0.4) is 0 Å². The highest BCUT2D eigenvalue weighted by Gasteiger charge is 2.31. The Hall–Kier alpha value is -0.860. The van der Waals surface area contributed by atoms with Gasteiger partial charge in [0.05, 0.1) is 0 Å². The first-order valence-electron chi connectivity index (χ1n) is 5.86. The molecule has 1 aliphatic heterocycles. The molecule has 1 aliphatic rings. The number of rotatable bonds is 4. The van der Waals surface area contributed by atoms with Gasteiger partial charge >= 0.3 is 0 Å². The van der Waals surface area contributed by atoms with E-state index in [9.17, 15) is 9.59 Å². The highest BCUT2D eigenvalue weighted by atomic mass is 16.2. The number of carbonyl (C=O) groups excluding carboxylic acids is 2. The van der Waals surface area contributed by atoms with Gasteiger partial charge in [0.1, 0.15) is 5.78 Å². The predicted octanol–water partition coefficient (Wildman–Crippen LogP) is 2.00. The maximum Gasteiger partial charge on any atom is 0.225 e. The number of hydrogen-bond acceptors (Lipinski definition) is 2. The number of ketones is 1. The molecule has 0 aromatic rings. The van der Waals surface area contributed by atoms with Crippen LogP contribution in [-0.4, -0.2) is 29.2 Å². The molecule has 1 saturated heterocycles. The second-order valence-corrected chi connectivity index (χ2v) is 4.54. The smallest absolute Gasteiger partial charge is 0.225 e. The zero-order chi connectivity index (χ0) is 11.4. The quantitative estimate of drug-likeness (QED) is 0.713. The maximum atomic E-state index is 12.0. The van der Waals surface area contributed by atoms with Gasteiger partial charge in [-0.3, -0.25) is 9.59 Å². The lowest BCUT2D eigenvalue weighted by molar-refractivity contribution is -0.136. The summed E-state index contributed by atoms with van der Waals surface area (Å²) in [5.41, 5.74) is 0. The summed E-state index contributed by atoms with van der Waals surface area (Å²) in [5.74, 6) is 0.502. The van der Waals surface area contributed by atoms with E-state index in [-0.39, 0.29) is 23.7 Å². The molecule has 0 bridgehead atoms. The molecule has 0 aromatic heterocycles. The van der Waals surface area contributed by atoms with Crippen LogP contribution >= 0.6 is 0 Å². The number of Topliss-reactive ketones (excluding diaryl/α,β-unsaturated/α-hetero) is 1. The van der Waals surface area contributed by atoms with E-state index in [1.807, 2.05) is 18.7 Å². The molecule has 0 aliphatic carbocycles. The Morgan fingerprint density at radius 1 is 1.47 bits per heavy atom. The van der Waals surface area contributed by atoms with Gasteiger partial charge < -0.3 is 4.90 Å². The number of nitrogens with zero attached hydrogens (tertiary/aromatic N) is 1. The fraction of sp³-hybridized carbons (Fsp3) is 0.833. The van der Waals surface area contributed by atoms with Crippen molar-refractivity contribution < 1.29 is 9.59 Å². The SMILES string of the molecule is CCC(C)C(=O)N1CCCC1CC(C)=O. The van der Waals surface area contributed by atoms with Crippen LogP contribution in [0.25, 0.3) is 0 Å². The molecule has 1 heterocycles. The Morgan fingerprint density at radius 2 is 2.13 bits per heavy atom. The third kappa shape index (κ3) is 3.05. The average molecular weight is 211 g/mol. The molecule has 86 valence electrons. The van der Waals surface area contributed by atoms with Crippen molar-refractivity contribution in [3.8, 4) is 0 Å². The molecule has 0 N–H and O–H groups in total. The van der Waals surface area contributed by atoms with E-state index in [0.717, 1.165) is 25.8 Å². The van der Waals surface area contributed by atoms with Gasteiger partial charge in [-0.2, -0.15) is 0 Å². The van der Waals surface area contributed by atoms with Crippen molar-refractivity contribution in [2.24, 2.45) is 5.92 Å². The lowest BCUT2D eigenvalue weighted by Crippen LogP contribution is -2.39. The summed E-state index contributed by atoms with van der Waals surface area (Å²) in [6, 6.07) is 0.170. The monoisotopic (exact) mass is 211 g/mol. The Morgan fingerprint density at radius 3 is 2.67 bits per heavy atom. The molecule has 3 nitrogen and oxygen atoms in total. The molecule has 3 heteroatoms. The van der Waals surface area contributed by atoms with Crippen molar-refractivity contribution in [1.82, 2.24) is 4.90 Å². The lowest BCUT2D eigenvalue weighted by Gasteiger charge is -2.26. The molecule has 0 aromatic carbocycles. The van der Waals surface area contributed by atoms with E-state index in [1.165, 1.54) is 0 Å². The van der Waals surface area contributed by atoms with Gasteiger partial charge in [0.25, 0.3) is 0 Å². The summed E-state index contributed by atoms with van der Waals surface area (Å²) in [5, 5.41) is 0. The predicted molar refractivity (Wildman–Crippen MR) is 59.5 cm³/mol. The minimum atomic E-state index is 0.0950. The number of likely N-dealkylation sites (tertiary alicyclic amines) is 1. The Bertz CT molecular complexity index is 250. The van der Waals surface area contributed by atoms with Crippen LogP contribution in [-0.2, 0) is 9.59 Å². The highest BCUT2D eigenvalue weighted by Crippen LogP contribution is 2.23. The summed E-state index contributed by atoms with van der Waals surface area (Å²) >= 11 is 0. The minimum absolute atomic E-state index is 0.0950. The van der Waals surface area contributed by atoms with E-state index in [1.54, 1.807) is 6.92 Å². The number of amides is 1. The lowest BCUT2D eigenvalue weighted by atomic mass is 10.0. The van der Waals surface area contributed by atoms with Crippen LogP contribution in [0.5, 0.6) is 0 Å². The topological polar surface area (TPSA) is 37.4 Å². The fourth-order valence-corrected chi connectivity index (χ4v) is 2.13. The normalized spacial score (nSPS) is 22.9. The van der Waals surface area contributed by atoms with Crippen LogP contribution in [0.4, 0.5) is 0 Å². The second kappa shape index (κ2) is 5.29. The van der Waals surface area contributed by atoms with E-state index in [2.05, 4.69) is 0 Å². The maximum absolute atomic E-state index is 12.0. The van der Waals surface area contributed by atoms with Gasteiger partial charge in [0.15, 0.2) is 0 Å². The first-order chi connectivity index (χ1) is 7.06. The second-order valence-electron chi connectivity index (χ2n) is 4.54. The molecule has 2 atom stereocenters. The Labute approximate surface area is 91.8 Å². The summed E-state index contributed by atoms with van der Waals surface area (Å²) in [6.07, 6.45) is 3.44. The molecular weight excluding hydrogens is 190 g/mol. The summed E-state index contributed by atoms with van der Waals surface area (Å²) < 4.78 is 0. The third-order valence-electron chi connectivity index (χ3n) is 3.22. The van der Waals surface area contributed by atoms with Gasteiger partial charge in [-0.15, -0.1) is 0 Å². The average Bonchev–Trinajstić information content (AvgIpc) is 2.62. The van der Waals surface area contributed by atoms with Gasteiger partial charge in [-0.25, -0.2) is 0 Å². The summed E-state index contributed by atoms with van der Waals surface area (Å²) in [6.45, 7) is 6.43. The first-order valence-corrected chi connectivity index (χ1v) is 5.86. The van der Waals surface area contributed by atoms with Crippen molar-refractivity contribution in [3.63, 3.8) is 0 Å².